The molecule has 29 heavy (non-hydrogen) atoms. The number of para-hydroxylation sites is 2. The highest BCUT2D eigenvalue weighted by molar-refractivity contribution is 6.12. The molecule has 148 valence electrons. The van der Waals surface area contributed by atoms with Crippen molar-refractivity contribution in [2.45, 2.75) is 32.2 Å². The van der Waals surface area contributed by atoms with Gasteiger partial charge in [0.2, 0.25) is 5.91 Å². The number of anilines is 1. The first kappa shape index (κ1) is 18.0. The van der Waals surface area contributed by atoms with Crippen LogP contribution in [0.25, 0.3) is 10.9 Å². The third-order valence-corrected chi connectivity index (χ3v) is 6.32. The zero-order chi connectivity index (χ0) is 20.3. The van der Waals surface area contributed by atoms with Crippen molar-refractivity contribution in [3.8, 4) is 0 Å². The molecule has 1 spiro atoms. The van der Waals surface area contributed by atoms with Crippen LogP contribution in [-0.2, 0) is 21.5 Å². The van der Waals surface area contributed by atoms with Crippen molar-refractivity contribution < 1.29 is 9.59 Å². The standard InChI is InChI=1S/C24H25N3O2/c1-15(2)14-21(28)27-13-12-17-16-8-4-6-10-19(16)25-22(17)24(27)18-9-5-7-11-20(18)26(3)23(24)29/h4-11,15,25H,12-14H2,1-3H3/t24-/m1/s1. The van der Waals surface area contributed by atoms with Gasteiger partial charge in [-0.2, -0.15) is 0 Å². The van der Waals surface area contributed by atoms with Crippen LogP contribution in [0.4, 0.5) is 5.69 Å². The fourth-order valence-corrected chi connectivity index (χ4v) is 5.11. The molecule has 2 aromatic carbocycles. The molecule has 3 heterocycles. The second-order valence-corrected chi connectivity index (χ2v) is 8.51. The van der Waals surface area contributed by atoms with Crippen LogP contribution < -0.4 is 4.90 Å². The third-order valence-electron chi connectivity index (χ3n) is 6.32. The van der Waals surface area contributed by atoms with E-state index in [9.17, 15) is 9.59 Å². The lowest BCUT2D eigenvalue weighted by molar-refractivity contribution is -0.145. The van der Waals surface area contributed by atoms with Crippen LogP contribution in [0.1, 0.15) is 37.1 Å². The summed E-state index contributed by atoms with van der Waals surface area (Å²) >= 11 is 0. The predicted molar refractivity (Wildman–Crippen MR) is 114 cm³/mol. The Kier molecular flexibility index (Phi) is 3.85. The number of nitrogens with zero attached hydrogens (tertiary/aromatic N) is 2. The van der Waals surface area contributed by atoms with Gasteiger partial charge in [-0.3, -0.25) is 9.59 Å². The summed E-state index contributed by atoms with van der Waals surface area (Å²) in [6, 6.07) is 16.0. The quantitative estimate of drug-likeness (QED) is 0.727. The van der Waals surface area contributed by atoms with Crippen LogP contribution in [0.15, 0.2) is 48.5 Å². The fraction of sp³-hybridized carbons (Fsp3) is 0.333. The summed E-state index contributed by atoms with van der Waals surface area (Å²) in [6.07, 6.45) is 1.17. The van der Waals surface area contributed by atoms with Crippen LogP contribution in [-0.4, -0.2) is 35.3 Å². The largest absolute Gasteiger partial charge is 0.355 e. The van der Waals surface area contributed by atoms with Crippen molar-refractivity contribution in [3.63, 3.8) is 0 Å². The van der Waals surface area contributed by atoms with Crippen LogP contribution in [0.5, 0.6) is 0 Å². The molecule has 2 aliphatic heterocycles. The number of nitrogens with one attached hydrogen (secondary N) is 1. The summed E-state index contributed by atoms with van der Waals surface area (Å²) < 4.78 is 0. The van der Waals surface area contributed by atoms with Gasteiger partial charge in [-0.15, -0.1) is 0 Å². The molecule has 5 heteroatoms. The Morgan fingerprint density at radius 2 is 1.86 bits per heavy atom. The lowest BCUT2D eigenvalue weighted by Crippen LogP contribution is -2.59. The van der Waals surface area contributed by atoms with Gasteiger partial charge in [0, 0.05) is 42.2 Å². The average Bonchev–Trinajstić information content (AvgIpc) is 3.19. The summed E-state index contributed by atoms with van der Waals surface area (Å²) in [5.41, 5.74) is 3.64. The number of benzene rings is 2. The molecule has 0 fully saturated rings. The van der Waals surface area contributed by atoms with Gasteiger partial charge in [0.25, 0.3) is 5.91 Å². The number of aromatic nitrogens is 1. The van der Waals surface area contributed by atoms with E-state index < -0.39 is 5.54 Å². The highest BCUT2D eigenvalue weighted by Gasteiger charge is 2.59. The maximum absolute atomic E-state index is 13.9. The Hall–Kier alpha value is -3.08. The monoisotopic (exact) mass is 387 g/mol. The summed E-state index contributed by atoms with van der Waals surface area (Å²) in [5.74, 6) is 0.194. The Morgan fingerprint density at radius 1 is 1.14 bits per heavy atom. The highest BCUT2D eigenvalue weighted by Crippen LogP contribution is 2.51. The number of fused-ring (bicyclic) bond motifs is 6. The first-order chi connectivity index (χ1) is 14.0. The molecule has 5 rings (SSSR count). The van der Waals surface area contributed by atoms with Gasteiger partial charge >= 0.3 is 0 Å². The molecule has 2 amide bonds. The highest BCUT2D eigenvalue weighted by atomic mass is 16.2. The number of carbonyl (C=O) groups excluding carboxylic acids is 2. The number of hydrogen-bond donors (Lipinski definition) is 1. The van der Waals surface area contributed by atoms with E-state index in [4.69, 9.17) is 0 Å². The molecule has 5 nitrogen and oxygen atoms in total. The summed E-state index contributed by atoms with van der Waals surface area (Å²) in [4.78, 5) is 34.4. The fourth-order valence-electron chi connectivity index (χ4n) is 5.11. The SMILES string of the molecule is CC(C)CC(=O)N1CCc2c([nH]c3ccccc23)[C@]12C(=O)N(C)c1ccccc12. The predicted octanol–water partition coefficient (Wildman–Crippen LogP) is 3.82. The van der Waals surface area contributed by atoms with Crippen molar-refractivity contribution in [1.82, 2.24) is 9.88 Å². The second kappa shape index (κ2) is 6.21. The molecule has 3 aromatic rings. The van der Waals surface area contributed by atoms with Crippen LogP contribution >= 0.6 is 0 Å². The van der Waals surface area contributed by atoms with E-state index in [0.717, 1.165) is 39.8 Å². The minimum atomic E-state index is -1.12. The Balaban J connectivity index is 1.84. The van der Waals surface area contributed by atoms with E-state index in [1.54, 1.807) is 11.9 Å². The van der Waals surface area contributed by atoms with Gasteiger partial charge in [0.1, 0.15) is 0 Å². The molecule has 2 aliphatic rings. The molecule has 0 saturated heterocycles. The zero-order valence-electron chi connectivity index (χ0n) is 17.0. The van der Waals surface area contributed by atoms with Crippen LogP contribution in [0.2, 0.25) is 0 Å². The molecule has 1 N–H and O–H groups in total. The van der Waals surface area contributed by atoms with E-state index in [2.05, 4.69) is 11.1 Å². The number of amides is 2. The van der Waals surface area contributed by atoms with Gasteiger partial charge < -0.3 is 14.8 Å². The van der Waals surface area contributed by atoms with Gasteiger partial charge in [0.05, 0.1) is 5.69 Å². The number of likely N-dealkylation sites (N-methyl/N-ethyl adjacent to an activating group) is 1. The molecule has 0 aliphatic carbocycles. The van der Waals surface area contributed by atoms with Crippen molar-refractivity contribution in [2.75, 3.05) is 18.5 Å². The van der Waals surface area contributed by atoms with Gasteiger partial charge in [-0.1, -0.05) is 50.2 Å². The number of H-pyrrole nitrogens is 1. The normalized spacial score (nSPS) is 20.6. The van der Waals surface area contributed by atoms with Crippen LogP contribution in [0.3, 0.4) is 0 Å². The number of carbonyl (C=O) groups is 2. The first-order valence-electron chi connectivity index (χ1n) is 10.2. The smallest absolute Gasteiger partial charge is 0.263 e. The first-order valence-corrected chi connectivity index (χ1v) is 10.2. The van der Waals surface area contributed by atoms with E-state index >= 15 is 0 Å². The molecule has 0 radical (unpaired) electrons. The summed E-state index contributed by atoms with van der Waals surface area (Å²) in [6.45, 7) is 4.62. The van der Waals surface area contributed by atoms with E-state index in [1.165, 1.54) is 0 Å². The molecular formula is C24H25N3O2. The molecule has 1 atom stereocenters. The number of rotatable bonds is 2. The molecule has 1 aromatic heterocycles. The van der Waals surface area contributed by atoms with Crippen LogP contribution in [0, 0.1) is 5.92 Å². The number of aromatic amines is 1. The third kappa shape index (κ3) is 2.27. The minimum Gasteiger partial charge on any atom is -0.355 e. The molecule has 0 unspecified atom stereocenters. The van der Waals surface area contributed by atoms with Gasteiger partial charge in [-0.05, 0) is 30.0 Å². The minimum absolute atomic E-state index is 0.0303. The van der Waals surface area contributed by atoms with E-state index in [0.29, 0.717) is 13.0 Å². The summed E-state index contributed by atoms with van der Waals surface area (Å²) in [7, 11) is 1.80. The Bertz CT molecular complexity index is 1150. The molecular weight excluding hydrogens is 362 g/mol. The lowest BCUT2D eigenvalue weighted by atomic mass is 9.79. The zero-order valence-corrected chi connectivity index (χ0v) is 17.0. The van der Waals surface area contributed by atoms with Gasteiger partial charge in [0.15, 0.2) is 5.54 Å². The van der Waals surface area contributed by atoms with Crippen molar-refractivity contribution in [3.05, 3.63) is 65.4 Å². The average molecular weight is 387 g/mol. The Morgan fingerprint density at radius 3 is 2.66 bits per heavy atom. The van der Waals surface area contributed by atoms with E-state index in [-0.39, 0.29) is 17.7 Å². The van der Waals surface area contributed by atoms with E-state index in [1.807, 2.05) is 61.2 Å². The van der Waals surface area contributed by atoms with Gasteiger partial charge in [-0.25, -0.2) is 0 Å². The van der Waals surface area contributed by atoms with Crippen molar-refractivity contribution in [2.24, 2.45) is 5.92 Å². The second-order valence-electron chi connectivity index (χ2n) is 8.51. The maximum atomic E-state index is 13.9. The van der Waals surface area contributed by atoms with Crippen molar-refractivity contribution >= 4 is 28.4 Å². The Labute approximate surface area is 170 Å². The lowest BCUT2D eigenvalue weighted by Gasteiger charge is -2.43. The molecule has 0 bridgehead atoms. The maximum Gasteiger partial charge on any atom is 0.263 e. The molecule has 0 saturated carbocycles. The van der Waals surface area contributed by atoms with Crippen molar-refractivity contribution in [1.29, 1.82) is 0 Å². The number of hydrogen-bond acceptors (Lipinski definition) is 2. The summed E-state index contributed by atoms with van der Waals surface area (Å²) in [5, 5.41) is 1.14. The topological polar surface area (TPSA) is 56.4 Å².